The summed E-state index contributed by atoms with van der Waals surface area (Å²) < 4.78 is 11.6. The van der Waals surface area contributed by atoms with Gasteiger partial charge in [0.15, 0.2) is 0 Å². The summed E-state index contributed by atoms with van der Waals surface area (Å²) in [5, 5.41) is 18.3. The molecule has 3 rings (SSSR count). The quantitative estimate of drug-likeness (QED) is 0.770. The lowest BCUT2D eigenvalue weighted by molar-refractivity contribution is -0.152. The molecule has 3 atom stereocenters. The molecule has 1 aromatic rings. The second-order valence-corrected chi connectivity index (χ2v) is 7.81. The number of hydrogen-bond donors (Lipinski definition) is 2. The van der Waals surface area contributed by atoms with Crippen molar-refractivity contribution in [2.24, 2.45) is 5.92 Å². The molecule has 1 amide bonds. The molecule has 2 aliphatic rings. The Hall–Kier alpha value is -1.64. The van der Waals surface area contributed by atoms with E-state index in [2.05, 4.69) is 0 Å². The molecule has 6 nitrogen and oxygen atoms in total. The van der Waals surface area contributed by atoms with E-state index in [0.717, 1.165) is 0 Å². The predicted molar refractivity (Wildman–Crippen MR) is 86.7 cm³/mol. The fraction of sp³-hybridized carbons (Fsp3) is 0.333. The van der Waals surface area contributed by atoms with Crippen molar-refractivity contribution in [2.75, 3.05) is 12.9 Å². The Bertz CT molecular complexity index is 745. The molecular weight excluding hydrogens is 338 g/mol. The van der Waals surface area contributed by atoms with Gasteiger partial charge in [-0.3, -0.25) is 13.9 Å². The van der Waals surface area contributed by atoms with Crippen molar-refractivity contribution in [1.29, 1.82) is 0 Å². The fourth-order valence-corrected chi connectivity index (χ4v) is 4.90. The zero-order chi connectivity index (χ0) is 16.7. The van der Waals surface area contributed by atoms with Crippen LogP contribution in [0.2, 0.25) is 0 Å². The highest BCUT2D eigenvalue weighted by Crippen LogP contribution is 2.53. The van der Waals surface area contributed by atoms with E-state index in [-0.39, 0.29) is 29.5 Å². The molecule has 2 N–H and O–H groups in total. The van der Waals surface area contributed by atoms with E-state index in [1.165, 1.54) is 16.7 Å². The van der Waals surface area contributed by atoms with E-state index in [1.807, 2.05) is 0 Å². The molecule has 0 radical (unpaired) electrons. The number of amides is 1. The van der Waals surface area contributed by atoms with E-state index < -0.39 is 16.8 Å². The molecule has 122 valence electrons. The van der Waals surface area contributed by atoms with Crippen LogP contribution < -0.4 is 0 Å². The number of nitrogens with zero attached hydrogens (tertiary/aromatic N) is 1. The molecule has 2 heterocycles. The number of aliphatic hydroxyl groups excluding tert-OH is 1. The number of carbonyl (C=O) groups is 2. The molecule has 0 spiro atoms. The summed E-state index contributed by atoms with van der Waals surface area (Å²) in [5.41, 5.74) is 0.614. The summed E-state index contributed by atoms with van der Waals surface area (Å²) in [7, 11) is -1.17. The van der Waals surface area contributed by atoms with Crippen molar-refractivity contribution in [3.8, 4) is 0 Å². The third kappa shape index (κ3) is 2.60. The first kappa shape index (κ1) is 16.2. The van der Waals surface area contributed by atoms with Gasteiger partial charge in [0.1, 0.15) is 5.70 Å². The first-order chi connectivity index (χ1) is 11.0. The normalized spacial score (nSPS) is 24.4. The van der Waals surface area contributed by atoms with Crippen molar-refractivity contribution in [2.45, 2.75) is 16.7 Å². The zero-order valence-corrected chi connectivity index (χ0v) is 13.9. The van der Waals surface area contributed by atoms with Crippen molar-refractivity contribution in [3.05, 3.63) is 35.5 Å². The largest absolute Gasteiger partial charge is 0.477 e. The SMILES string of the molecule is CS(=O)c1cccc(C2=C(C(=O)O)N3C(=O)[C@H](CCO)[C@H]3S2)c1. The Morgan fingerprint density at radius 1 is 1.43 bits per heavy atom. The minimum Gasteiger partial charge on any atom is -0.477 e. The maximum Gasteiger partial charge on any atom is 0.353 e. The van der Waals surface area contributed by atoms with Gasteiger partial charge in [0, 0.05) is 33.5 Å². The second kappa shape index (κ2) is 6.10. The second-order valence-electron chi connectivity index (χ2n) is 5.30. The third-order valence-electron chi connectivity index (χ3n) is 3.92. The lowest BCUT2D eigenvalue weighted by Gasteiger charge is -2.42. The summed E-state index contributed by atoms with van der Waals surface area (Å²) in [4.78, 5) is 26.2. The van der Waals surface area contributed by atoms with Gasteiger partial charge >= 0.3 is 5.97 Å². The zero-order valence-electron chi connectivity index (χ0n) is 12.3. The van der Waals surface area contributed by atoms with E-state index in [1.54, 1.807) is 30.5 Å². The van der Waals surface area contributed by atoms with Crippen LogP contribution in [0.15, 0.2) is 34.9 Å². The van der Waals surface area contributed by atoms with Gasteiger partial charge in [-0.2, -0.15) is 0 Å². The third-order valence-corrected chi connectivity index (χ3v) is 6.28. The number of aliphatic hydroxyl groups is 1. The van der Waals surface area contributed by atoms with Crippen LogP contribution in [-0.4, -0.2) is 49.4 Å². The molecule has 2 aliphatic heterocycles. The van der Waals surface area contributed by atoms with E-state index in [4.69, 9.17) is 5.11 Å². The van der Waals surface area contributed by atoms with Gasteiger partial charge in [-0.25, -0.2) is 4.79 Å². The van der Waals surface area contributed by atoms with E-state index in [0.29, 0.717) is 21.8 Å². The monoisotopic (exact) mass is 353 g/mol. The lowest BCUT2D eigenvalue weighted by Crippen LogP contribution is -2.57. The average molecular weight is 353 g/mol. The Balaban J connectivity index is 2.02. The molecule has 0 bridgehead atoms. The molecular formula is C15H15NO5S2. The van der Waals surface area contributed by atoms with Crippen LogP contribution in [0, 0.1) is 5.92 Å². The lowest BCUT2D eigenvalue weighted by atomic mass is 9.94. The number of carboxylic acids is 1. The smallest absolute Gasteiger partial charge is 0.353 e. The van der Waals surface area contributed by atoms with Crippen molar-refractivity contribution < 1.29 is 24.0 Å². The van der Waals surface area contributed by atoms with E-state index in [9.17, 15) is 18.9 Å². The van der Waals surface area contributed by atoms with Crippen LogP contribution in [0.1, 0.15) is 12.0 Å². The number of rotatable bonds is 5. The summed E-state index contributed by atoms with van der Waals surface area (Å²) in [6.45, 7) is -0.108. The molecule has 1 aromatic carbocycles. The predicted octanol–water partition coefficient (Wildman–Crippen LogP) is 1.09. The Morgan fingerprint density at radius 2 is 2.17 bits per heavy atom. The standard InChI is InChI=1S/C15H15NO5S2/c1-23(21)9-4-2-3-8(7-9)12-11(15(19)20)16-13(18)10(5-6-17)14(16)22-12/h2-4,7,10,14,17H,5-6H2,1H3,(H,19,20)/t10-,14+,23?/m0/s1. The maximum absolute atomic E-state index is 12.2. The number of fused-ring (bicyclic) bond motifs is 1. The molecule has 0 aliphatic carbocycles. The summed E-state index contributed by atoms with van der Waals surface area (Å²) in [5.74, 6) is -1.78. The molecule has 0 aromatic heterocycles. The van der Waals surface area contributed by atoms with Gasteiger partial charge in [-0.15, -0.1) is 0 Å². The number of carboxylic acid groups (broad SMARTS) is 1. The molecule has 8 heteroatoms. The molecule has 0 saturated carbocycles. The van der Waals surface area contributed by atoms with Crippen molar-refractivity contribution >= 4 is 39.3 Å². The van der Waals surface area contributed by atoms with Crippen molar-refractivity contribution in [3.63, 3.8) is 0 Å². The first-order valence-electron chi connectivity index (χ1n) is 6.97. The summed E-state index contributed by atoms with van der Waals surface area (Å²) >= 11 is 1.32. The van der Waals surface area contributed by atoms with Crippen molar-refractivity contribution in [1.82, 2.24) is 4.90 Å². The first-order valence-corrected chi connectivity index (χ1v) is 9.41. The van der Waals surface area contributed by atoms with Gasteiger partial charge in [-0.1, -0.05) is 23.9 Å². The van der Waals surface area contributed by atoms with Gasteiger partial charge in [0.25, 0.3) is 0 Å². The summed E-state index contributed by atoms with van der Waals surface area (Å²) in [6.07, 6.45) is 1.88. The van der Waals surface area contributed by atoms with Gasteiger partial charge < -0.3 is 10.2 Å². The van der Waals surface area contributed by atoms with Crippen LogP contribution in [0.5, 0.6) is 0 Å². The molecule has 1 fully saturated rings. The van der Waals surface area contributed by atoms with Crippen LogP contribution >= 0.6 is 11.8 Å². The topological polar surface area (TPSA) is 94.9 Å². The Labute approximate surface area is 139 Å². The maximum atomic E-state index is 12.2. The Morgan fingerprint density at radius 3 is 2.78 bits per heavy atom. The van der Waals surface area contributed by atoms with Gasteiger partial charge in [0.2, 0.25) is 5.91 Å². The Kier molecular flexibility index (Phi) is 4.31. The number of hydrogen-bond acceptors (Lipinski definition) is 5. The highest BCUT2D eigenvalue weighted by molar-refractivity contribution is 8.09. The number of benzene rings is 1. The average Bonchev–Trinajstić information content (AvgIpc) is 2.89. The van der Waals surface area contributed by atoms with Crippen LogP contribution in [0.25, 0.3) is 4.91 Å². The van der Waals surface area contributed by atoms with Crippen LogP contribution in [0.4, 0.5) is 0 Å². The number of carbonyl (C=O) groups excluding carboxylic acids is 1. The van der Waals surface area contributed by atoms with Gasteiger partial charge in [-0.05, 0) is 24.1 Å². The highest BCUT2D eigenvalue weighted by Gasteiger charge is 2.55. The molecule has 1 unspecified atom stereocenters. The minimum absolute atomic E-state index is 0.0294. The van der Waals surface area contributed by atoms with Crippen LogP contribution in [-0.2, 0) is 20.4 Å². The molecule has 23 heavy (non-hydrogen) atoms. The number of aliphatic carboxylic acids is 1. The number of β-lactam (4-membered cyclic amide) rings is 1. The fourth-order valence-electron chi connectivity index (χ4n) is 2.81. The summed E-state index contributed by atoms with van der Waals surface area (Å²) in [6, 6.07) is 6.88. The number of thioether (sulfide) groups is 1. The minimum atomic E-state index is -1.17. The highest BCUT2D eigenvalue weighted by atomic mass is 32.2. The molecule has 1 saturated heterocycles. The van der Waals surface area contributed by atoms with E-state index >= 15 is 0 Å². The van der Waals surface area contributed by atoms with Gasteiger partial charge in [0.05, 0.1) is 11.3 Å². The van der Waals surface area contributed by atoms with Crippen LogP contribution in [0.3, 0.4) is 0 Å².